The number of hydrogen-bond acceptors (Lipinski definition) is 1. The summed E-state index contributed by atoms with van der Waals surface area (Å²) in [5.41, 5.74) is 0. The van der Waals surface area contributed by atoms with Gasteiger partial charge in [-0.3, -0.25) is 4.79 Å². The van der Waals surface area contributed by atoms with Gasteiger partial charge in [0.25, 0.3) is 0 Å². The molecule has 4 heavy (non-hydrogen) atoms. The third-order valence-corrected chi connectivity index (χ3v) is 0. The predicted octanol–water partition coefficient (Wildman–Crippen LogP) is -0.435. The van der Waals surface area contributed by atoms with Crippen LogP contribution >= 0.6 is 0 Å². The first kappa shape index (κ1) is 4.00. The maximum absolute atomic E-state index is 9.01. The highest BCUT2D eigenvalue weighted by Crippen LogP contribution is 1.41. The summed E-state index contributed by atoms with van der Waals surface area (Å²) in [7, 11) is 0. The van der Waals surface area contributed by atoms with E-state index in [1.165, 1.54) is 0 Å². The van der Waals surface area contributed by atoms with Gasteiger partial charge in [0.15, 0.2) is 4.83 Å². The van der Waals surface area contributed by atoms with Crippen molar-refractivity contribution in [2.24, 2.45) is 0 Å². The van der Waals surface area contributed by atoms with Gasteiger partial charge in [0, 0.05) is 0 Å². The van der Waals surface area contributed by atoms with E-state index in [0.717, 1.165) is 16.3 Å². The van der Waals surface area contributed by atoms with Crippen molar-refractivity contribution < 1.29 is 9.90 Å². The van der Waals surface area contributed by atoms with E-state index < -0.39 is 4.83 Å². The quantitative estimate of drug-likeness (QED) is 0.395. The van der Waals surface area contributed by atoms with Gasteiger partial charge in [-0.25, -0.2) is 0 Å². The van der Waals surface area contributed by atoms with Crippen LogP contribution in [0.2, 0.25) is 0 Å². The minimum atomic E-state index is -0.806. The van der Waals surface area contributed by atoms with E-state index in [4.69, 9.17) is 9.90 Å². The first-order valence-electron chi connectivity index (χ1n) is 0.781. The van der Waals surface area contributed by atoms with E-state index in [1.54, 1.807) is 0 Å². The highest BCUT2D eigenvalue weighted by Gasteiger charge is 1.66. The number of rotatable bonds is 0. The van der Waals surface area contributed by atoms with Crippen molar-refractivity contribution in [1.82, 2.24) is 0 Å². The van der Waals surface area contributed by atoms with E-state index >= 15 is 0 Å². The Morgan fingerprint density at radius 1 is 2.00 bits per heavy atom. The number of carboxylic acid groups (broad SMARTS) is 1. The molecule has 0 aromatic rings. The fraction of sp³-hybridized carbons (Fsp3) is 0. The van der Waals surface area contributed by atoms with Crippen LogP contribution < -0.4 is 0 Å². The first-order chi connectivity index (χ1) is 1.73. The molecular weight excluding hydrogens is 71.0 g/mol. The second kappa shape index (κ2) is 1.34. The maximum Gasteiger partial charge on any atom is 0.358 e. The maximum atomic E-state index is 9.01. The third kappa shape index (κ3) is 331000. The average molecular weight is 73.0 g/mol. The summed E-state index contributed by atoms with van der Waals surface area (Å²) in [5, 5.41) is 7.43. The summed E-state index contributed by atoms with van der Waals surface area (Å²) >= 11 is 0.920. The van der Waals surface area contributed by atoms with Crippen LogP contribution in [0.4, 0.5) is 4.79 Å². The summed E-state index contributed by atoms with van der Waals surface area (Å²) in [6.45, 7) is 0. The molecule has 0 aliphatic rings. The van der Waals surface area contributed by atoms with Gasteiger partial charge in [-0.1, -0.05) is 0 Å². The fourth-order valence-electron chi connectivity index (χ4n) is 0. The molecule has 2 nitrogen and oxygen atoms in total. The van der Waals surface area contributed by atoms with Gasteiger partial charge in [-0.2, -0.15) is 0 Å². The Balaban J connectivity index is 2.80. The van der Waals surface area contributed by atoms with Gasteiger partial charge >= 0.3 is 16.3 Å². The van der Waals surface area contributed by atoms with Crippen molar-refractivity contribution in [2.75, 3.05) is 0 Å². The molecule has 0 aliphatic carbocycles. The molecule has 1 N–H and O–H groups in total. The standard InChI is InChI=1S/CHO2.Al.H/c2-1-3;;/h(H,2,3);;. The van der Waals surface area contributed by atoms with Crippen LogP contribution in [0.1, 0.15) is 0 Å². The molecule has 0 bridgehead atoms. The Hall–Kier alpha value is 0.00247. The Bertz CT molecular complexity index is 29.0. The van der Waals surface area contributed by atoms with E-state index in [1.807, 2.05) is 0 Å². The van der Waals surface area contributed by atoms with Crippen LogP contribution in [0.3, 0.4) is 0 Å². The molecule has 0 atom stereocenters. The molecular formula is CH2AlO2. The molecule has 0 saturated heterocycles. The van der Waals surface area contributed by atoms with Crippen LogP contribution in [-0.2, 0) is 0 Å². The highest BCUT2D eigenvalue weighted by atomic mass is 27.0. The number of hydrogen-bond donors (Lipinski definition) is 1. The van der Waals surface area contributed by atoms with E-state index in [0.29, 0.717) is 0 Å². The Morgan fingerprint density at radius 3 is 2.00 bits per heavy atom. The SMILES string of the molecule is O=[C](O)[AlH]. The minimum absolute atomic E-state index is 0.806. The summed E-state index contributed by atoms with van der Waals surface area (Å²) in [6.07, 6.45) is 0. The van der Waals surface area contributed by atoms with Crippen LogP contribution in [0.5, 0.6) is 0 Å². The molecule has 0 heterocycles. The summed E-state index contributed by atoms with van der Waals surface area (Å²) in [6, 6.07) is 0. The smallest absolute Gasteiger partial charge is 0.358 e. The molecule has 1 radical (unpaired) electrons. The molecule has 0 aromatic heterocycles. The number of carbonyl (C=O) groups is 1. The van der Waals surface area contributed by atoms with Crippen molar-refractivity contribution in [2.45, 2.75) is 0 Å². The lowest BCUT2D eigenvalue weighted by Crippen LogP contribution is -1.83. The van der Waals surface area contributed by atoms with Gasteiger partial charge in [0.1, 0.15) is 0 Å². The second-order valence-electron chi connectivity index (χ2n) is 0.394. The Morgan fingerprint density at radius 2 is 2.00 bits per heavy atom. The zero-order chi connectivity index (χ0) is 3.58. The molecule has 0 rings (SSSR count). The monoisotopic (exact) mass is 73.0 g/mol. The summed E-state index contributed by atoms with van der Waals surface area (Å²) in [5.74, 6) is 0. The predicted molar refractivity (Wildman–Crippen MR) is 15.2 cm³/mol. The van der Waals surface area contributed by atoms with Crippen molar-refractivity contribution in [1.29, 1.82) is 0 Å². The normalized spacial score (nSPS) is 6.00. The van der Waals surface area contributed by atoms with Crippen molar-refractivity contribution in [3.05, 3.63) is 0 Å². The van der Waals surface area contributed by atoms with Gasteiger partial charge < -0.3 is 5.11 Å². The van der Waals surface area contributed by atoms with E-state index in [-0.39, 0.29) is 0 Å². The topological polar surface area (TPSA) is 37.3 Å². The molecule has 0 spiro atoms. The zero-order valence-corrected chi connectivity index (χ0v) is 3.48. The highest BCUT2D eigenvalue weighted by molar-refractivity contribution is 6.54. The molecule has 0 aliphatic heterocycles. The summed E-state index contributed by atoms with van der Waals surface area (Å²) in [4.78, 5) is 8.21. The lowest BCUT2D eigenvalue weighted by molar-refractivity contribution is 0.220. The van der Waals surface area contributed by atoms with Crippen LogP contribution in [0.25, 0.3) is 0 Å². The summed E-state index contributed by atoms with van der Waals surface area (Å²) < 4.78 is 0. The molecule has 0 saturated carbocycles. The molecule has 0 unspecified atom stereocenters. The Labute approximate surface area is 31.9 Å². The second-order valence-corrected chi connectivity index (χ2v) is 0.999. The average Bonchev–Trinajstić information content (AvgIpc) is 0.811. The van der Waals surface area contributed by atoms with Crippen LogP contribution in [0, 0.1) is 0 Å². The lowest BCUT2D eigenvalue weighted by atomic mass is 11.6. The lowest BCUT2D eigenvalue weighted by Gasteiger charge is -1.61. The van der Waals surface area contributed by atoms with Crippen molar-refractivity contribution in [3.63, 3.8) is 0 Å². The largest absolute Gasteiger partial charge is 0.497 e. The molecule has 0 aromatic carbocycles. The van der Waals surface area contributed by atoms with Crippen LogP contribution in [-0.4, -0.2) is 26.2 Å². The minimum Gasteiger partial charge on any atom is -0.497 e. The van der Waals surface area contributed by atoms with E-state index in [9.17, 15) is 0 Å². The fourth-order valence-corrected chi connectivity index (χ4v) is 0. The molecule has 0 fully saturated rings. The van der Waals surface area contributed by atoms with Gasteiger partial charge in [0.2, 0.25) is 0 Å². The van der Waals surface area contributed by atoms with Gasteiger partial charge in [-0.15, -0.1) is 0 Å². The third-order valence-electron chi connectivity index (χ3n) is 0. The zero-order valence-electron chi connectivity index (χ0n) is 2.06. The van der Waals surface area contributed by atoms with Gasteiger partial charge in [0.05, 0.1) is 0 Å². The first-order valence-corrected chi connectivity index (χ1v) is 1.49. The van der Waals surface area contributed by atoms with E-state index in [2.05, 4.69) is 0 Å². The molecule has 0 amide bonds. The molecule has 3 heteroatoms. The van der Waals surface area contributed by atoms with Crippen molar-refractivity contribution >= 4 is 21.1 Å². The molecule has 21 valence electrons. The Kier molecular flexibility index (Phi) is 1.34. The van der Waals surface area contributed by atoms with Gasteiger partial charge in [-0.05, 0) is 0 Å². The van der Waals surface area contributed by atoms with Crippen LogP contribution in [0.15, 0.2) is 0 Å². The van der Waals surface area contributed by atoms with Crippen molar-refractivity contribution in [3.8, 4) is 0 Å².